The Bertz CT molecular complexity index is 781. The van der Waals surface area contributed by atoms with E-state index in [9.17, 15) is 21.6 Å². The maximum Gasteiger partial charge on any atom is 0.433 e. The molecule has 0 aliphatic carbocycles. The molecule has 23 heavy (non-hydrogen) atoms. The third-order valence-electron chi connectivity index (χ3n) is 2.64. The smallest absolute Gasteiger partial charge is 0.265 e. The van der Waals surface area contributed by atoms with Gasteiger partial charge in [-0.05, 0) is 12.1 Å². The van der Waals surface area contributed by atoms with Gasteiger partial charge in [-0.2, -0.15) is 13.2 Å². The number of nitrogens with zero attached hydrogens (tertiary/aromatic N) is 3. The molecule has 2 heterocycles. The van der Waals surface area contributed by atoms with Crippen LogP contribution < -0.4 is 0 Å². The van der Waals surface area contributed by atoms with Crippen molar-refractivity contribution in [2.45, 2.75) is 11.2 Å². The molecule has 2 aromatic heterocycles. The number of thioether (sulfide) groups is 1. The molecule has 0 N–H and O–H groups in total. The van der Waals surface area contributed by atoms with E-state index in [1.807, 2.05) is 0 Å². The van der Waals surface area contributed by atoms with E-state index in [0.717, 1.165) is 24.1 Å². The third kappa shape index (κ3) is 5.47. The van der Waals surface area contributed by atoms with Gasteiger partial charge < -0.3 is 0 Å². The Hall–Kier alpha value is -1.68. The summed E-state index contributed by atoms with van der Waals surface area (Å²) >= 11 is 0.941. The first-order valence-corrected chi connectivity index (χ1v) is 9.37. The zero-order valence-corrected chi connectivity index (χ0v) is 13.5. The highest BCUT2D eigenvalue weighted by Crippen LogP contribution is 2.31. The Morgan fingerprint density at radius 1 is 1.17 bits per heavy atom. The van der Waals surface area contributed by atoms with Crippen LogP contribution in [-0.4, -0.2) is 41.1 Å². The monoisotopic (exact) mass is 363 g/mol. The summed E-state index contributed by atoms with van der Waals surface area (Å²) in [4.78, 5) is 11.4. The molecule has 0 spiro atoms. The standard InChI is InChI=1S/C13H12F3N3O2S2/c1-23(20,21)7-6-22-11-8-10(13(14,15)16)18-12(19-11)9-2-4-17-5-3-9/h2-5,8H,6-7H2,1H3. The average Bonchev–Trinajstić information content (AvgIpc) is 2.45. The van der Waals surface area contributed by atoms with Crippen LogP contribution >= 0.6 is 11.8 Å². The van der Waals surface area contributed by atoms with Crippen LogP contribution in [0.25, 0.3) is 11.4 Å². The summed E-state index contributed by atoms with van der Waals surface area (Å²) in [6, 6.07) is 3.82. The highest BCUT2D eigenvalue weighted by molar-refractivity contribution is 8.00. The van der Waals surface area contributed by atoms with Gasteiger partial charge in [0.15, 0.2) is 5.82 Å². The lowest BCUT2D eigenvalue weighted by Crippen LogP contribution is -2.11. The lowest BCUT2D eigenvalue weighted by atomic mass is 10.2. The van der Waals surface area contributed by atoms with Crippen molar-refractivity contribution in [3.05, 3.63) is 36.3 Å². The van der Waals surface area contributed by atoms with Crippen LogP contribution in [-0.2, 0) is 16.0 Å². The van der Waals surface area contributed by atoms with Gasteiger partial charge >= 0.3 is 6.18 Å². The number of hydrogen-bond donors (Lipinski definition) is 0. The van der Waals surface area contributed by atoms with Crippen LogP contribution in [0.2, 0.25) is 0 Å². The maximum absolute atomic E-state index is 13.0. The Labute approximate surface area is 135 Å². The average molecular weight is 363 g/mol. The van der Waals surface area contributed by atoms with Crippen molar-refractivity contribution >= 4 is 21.6 Å². The predicted octanol–water partition coefficient (Wildman–Crippen LogP) is 2.69. The molecule has 0 bridgehead atoms. The molecule has 0 fully saturated rings. The van der Waals surface area contributed by atoms with Gasteiger partial charge in [0.25, 0.3) is 0 Å². The highest BCUT2D eigenvalue weighted by Gasteiger charge is 2.33. The van der Waals surface area contributed by atoms with Crippen LogP contribution in [0.4, 0.5) is 13.2 Å². The minimum absolute atomic E-state index is 0.0720. The molecule has 2 aromatic rings. The molecule has 0 aromatic carbocycles. The molecule has 0 radical (unpaired) electrons. The lowest BCUT2D eigenvalue weighted by molar-refractivity contribution is -0.141. The van der Waals surface area contributed by atoms with Crippen LogP contribution in [0, 0.1) is 0 Å². The molecule has 0 saturated carbocycles. The Kier molecular flexibility index (Phi) is 5.25. The zero-order valence-electron chi connectivity index (χ0n) is 11.9. The molecular weight excluding hydrogens is 351 g/mol. The van der Waals surface area contributed by atoms with Crippen molar-refractivity contribution in [1.29, 1.82) is 0 Å². The SMILES string of the molecule is CS(=O)(=O)CCSc1cc(C(F)(F)F)nc(-c2ccncc2)n1. The van der Waals surface area contributed by atoms with Crippen molar-refractivity contribution in [1.82, 2.24) is 15.0 Å². The molecule has 0 aliphatic heterocycles. The summed E-state index contributed by atoms with van der Waals surface area (Å²) in [5.74, 6) is -0.111. The van der Waals surface area contributed by atoms with Crippen LogP contribution in [0.15, 0.2) is 35.6 Å². The second kappa shape index (κ2) is 6.83. The minimum atomic E-state index is -4.61. The van der Waals surface area contributed by atoms with Gasteiger partial charge in [0, 0.05) is 36.0 Å². The van der Waals surface area contributed by atoms with Crippen molar-refractivity contribution in [3.63, 3.8) is 0 Å². The van der Waals surface area contributed by atoms with E-state index in [1.54, 1.807) is 0 Å². The minimum Gasteiger partial charge on any atom is -0.265 e. The molecule has 2 rings (SSSR count). The summed E-state index contributed by atoms with van der Waals surface area (Å²) < 4.78 is 61.1. The van der Waals surface area contributed by atoms with Gasteiger partial charge in [0.1, 0.15) is 20.6 Å². The topological polar surface area (TPSA) is 72.8 Å². The first-order chi connectivity index (χ1) is 10.6. The number of halogens is 3. The molecule has 5 nitrogen and oxygen atoms in total. The molecule has 124 valence electrons. The molecule has 0 amide bonds. The summed E-state index contributed by atoms with van der Waals surface area (Å²) in [5, 5.41) is 0.0720. The fourth-order valence-corrected chi connectivity index (χ4v) is 3.67. The number of hydrogen-bond acceptors (Lipinski definition) is 6. The van der Waals surface area contributed by atoms with Crippen LogP contribution in [0.5, 0.6) is 0 Å². The third-order valence-corrected chi connectivity index (χ3v) is 4.75. The van der Waals surface area contributed by atoms with Gasteiger partial charge in [0.2, 0.25) is 0 Å². The molecule has 0 unspecified atom stereocenters. The van der Waals surface area contributed by atoms with E-state index in [1.165, 1.54) is 24.5 Å². The molecule has 10 heteroatoms. The molecule has 0 atom stereocenters. The number of rotatable bonds is 5. The van der Waals surface area contributed by atoms with Crippen LogP contribution in [0.1, 0.15) is 5.69 Å². The fraction of sp³-hybridized carbons (Fsp3) is 0.308. The quantitative estimate of drug-likeness (QED) is 0.601. The Balaban J connectivity index is 2.34. The largest absolute Gasteiger partial charge is 0.433 e. The van der Waals surface area contributed by atoms with E-state index < -0.39 is 21.7 Å². The van der Waals surface area contributed by atoms with Gasteiger partial charge in [-0.1, -0.05) is 0 Å². The maximum atomic E-state index is 13.0. The van der Waals surface area contributed by atoms with Crippen molar-refractivity contribution in [3.8, 4) is 11.4 Å². The summed E-state index contributed by atoms with van der Waals surface area (Å²) in [6.07, 6.45) is -0.696. The molecule has 0 saturated heterocycles. The van der Waals surface area contributed by atoms with Crippen molar-refractivity contribution in [2.24, 2.45) is 0 Å². The summed E-state index contributed by atoms with van der Waals surface area (Å²) in [5.41, 5.74) is -0.669. The number of pyridine rings is 1. The van der Waals surface area contributed by atoms with E-state index in [-0.39, 0.29) is 22.4 Å². The zero-order chi connectivity index (χ0) is 17.1. The molecule has 0 aliphatic rings. The second-order valence-corrected chi connectivity index (χ2v) is 8.00. The number of alkyl halides is 3. The normalized spacial score (nSPS) is 12.3. The van der Waals surface area contributed by atoms with E-state index >= 15 is 0 Å². The highest BCUT2D eigenvalue weighted by atomic mass is 32.2. The fourth-order valence-electron chi connectivity index (χ4n) is 1.57. The number of sulfone groups is 1. The van der Waals surface area contributed by atoms with E-state index in [0.29, 0.717) is 5.56 Å². The summed E-state index contributed by atoms with van der Waals surface area (Å²) in [7, 11) is -3.19. The molecular formula is C13H12F3N3O2S2. The Morgan fingerprint density at radius 2 is 1.83 bits per heavy atom. The van der Waals surface area contributed by atoms with Crippen molar-refractivity contribution in [2.75, 3.05) is 17.8 Å². The first-order valence-electron chi connectivity index (χ1n) is 6.32. The van der Waals surface area contributed by atoms with Gasteiger partial charge in [-0.25, -0.2) is 18.4 Å². The first kappa shape index (κ1) is 17.7. The van der Waals surface area contributed by atoms with Gasteiger partial charge in [-0.15, -0.1) is 11.8 Å². The lowest BCUT2D eigenvalue weighted by Gasteiger charge is -2.10. The number of aromatic nitrogens is 3. The van der Waals surface area contributed by atoms with Gasteiger partial charge in [0.05, 0.1) is 5.75 Å². The predicted molar refractivity (Wildman–Crippen MR) is 80.7 cm³/mol. The van der Waals surface area contributed by atoms with E-state index in [2.05, 4.69) is 15.0 Å². The second-order valence-electron chi connectivity index (χ2n) is 4.63. The Morgan fingerprint density at radius 3 is 2.39 bits per heavy atom. The summed E-state index contributed by atoms with van der Waals surface area (Å²) in [6.45, 7) is 0. The van der Waals surface area contributed by atoms with Crippen molar-refractivity contribution < 1.29 is 21.6 Å². The van der Waals surface area contributed by atoms with Gasteiger partial charge in [-0.3, -0.25) is 4.98 Å². The van der Waals surface area contributed by atoms with Crippen LogP contribution in [0.3, 0.4) is 0 Å². The van der Waals surface area contributed by atoms with E-state index in [4.69, 9.17) is 0 Å².